The van der Waals surface area contributed by atoms with Gasteiger partial charge in [-0.2, -0.15) is 0 Å². The van der Waals surface area contributed by atoms with Crippen LogP contribution < -0.4 is 5.32 Å². The van der Waals surface area contributed by atoms with E-state index in [1.807, 2.05) is 18.2 Å². The molecule has 1 aromatic heterocycles. The molecule has 2 heterocycles. The zero-order valence-corrected chi connectivity index (χ0v) is 17.9. The monoisotopic (exact) mass is 413 g/mol. The molecular weight excluding hydrogens is 382 g/mol. The van der Waals surface area contributed by atoms with Gasteiger partial charge in [0.25, 0.3) is 0 Å². The Labute approximate surface area is 177 Å². The van der Waals surface area contributed by atoms with Gasteiger partial charge in [0.2, 0.25) is 5.91 Å². The summed E-state index contributed by atoms with van der Waals surface area (Å²) >= 11 is 1.47. The summed E-state index contributed by atoms with van der Waals surface area (Å²) in [5.74, 6) is 2.06. The third kappa shape index (κ3) is 5.60. The summed E-state index contributed by atoms with van der Waals surface area (Å²) in [6.45, 7) is 3.85. The molecule has 4 rings (SSSR count). The van der Waals surface area contributed by atoms with Crippen LogP contribution in [-0.2, 0) is 11.3 Å². The molecule has 1 aromatic carbocycles. The van der Waals surface area contributed by atoms with E-state index in [1.54, 1.807) is 0 Å². The van der Waals surface area contributed by atoms with Crippen molar-refractivity contribution in [3.8, 4) is 5.69 Å². The van der Waals surface area contributed by atoms with Crippen LogP contribution in [0.2, 0.25) is 0 Å². The van der Waals surface area contributed by atoms with E-state index in [0.29, 0.717) is 11.7 Å². The predicted molar refractivity (Wildman–Crippen MR) is 116 cm³/mol. The van der Waals surface area contributed by atoms with E-state index in [4.69, 9.17) is 0 Å². The average Bonchev–Trinajstić information content (AvgIpc) is 3.42. The lowest BCUT2D eigenvalue weighted by atomic mass is 9.89. The third-order valence-corrected chi connectivity index (χ3v) is 6.85. The lowest BCUT2D eigenvalue weighted by molar-refractivity contribution is -0.118. The van der Waals surface area contributed by atoms with Gasteiger partial charge in [-0.05, 0) is 56.8 Å². The predicted octanol–water partition coefficient (Wildman–Crippen LogP) is 3.65. The molecule has 2 aliphatic rings. The van der Waals surface area contributed by atoms with E-state index in [1.165, 1.54) is 56.7 Å². The van der Waals surface area contributed by atoms with Crippen molar-refractivity contribution < 1.29 is 4.79 Å². The fraction of sp³-hybridized carbons (Fsp3) is 0.591. The van der Waals surface area contributed by atoms with Crippen LogP contribution >= 0.6 is 11.8 Å². The van der Waals surface area contributed by atoms with E-state index in [2.05, 4.69) is 37.1 Å². The summed E-state index contributed by atoms with van der Waals surface area (Å²) in [7, 11) is 0. The van der Waals surface area contributed by atoms with E-state index in [0.717, 1.165) is 42.8 Å². The molecule has 1 saturated heterocycles. The number of carbonyl (C=O) groups is 1. The molecule has 6 nitrogen and oxygen atoms in total. The number of benzene rings is 1. The molecule has 0 unspecified atom stereocenters. The fourth-order valence-corrected chi connectivity index (χ4v) is 5.10. The van der Waals surface area contributed by atoms with Crippen LogP contribution in [0.5, 0.6) is 0 Å². The Morgan fingerprint density at radius 2 is 1.79 bits per heavy atom. The maximum atomic E-state index is 12.4. The van der Waals surface area contributed by atoms with Crippen LogP contribution in [0.1, 0.15) is 50.8 Å². The minimum absolute atomic E-state index is 0.0873. The van der Waals surface area contributed by atoms with Crippen molar-refractivity contribution in [2.75, 3.05) is 25.4 Å². The highest BCUT2D eigenvalue weighted by Gasteiger charge is 2.20. The zero-order valence-electron chi connectivity index (χ0n) is 17.1. The van der Waals surface area contributed by atoms with E-state index < -0.39 is 0 Å². The van der Waals surface area contributed by atoms with Gasteiger partial charge in [0.15, 0.2) is 11.0 Å². The molecular formula is C22H31N5OS. The second-order valence-electron chi connectivity index (χ2n) is 8.15. The Balaban J connectivity index is 1.39. The van der Waals surface area contributed by atoms with Crippen LogP contribution in [0.25, 0.3) is 5.69 Å². The number of rotatable bonds is 8. The van der Waals surface area contributed by atoms with Crippen LogP contribution in [0, 0.1) is 5.92 Å². The molecule has 156 valence electrons. The summed E-state index contributed by atoms with van der Waals surface area (Å²) in [5, 5.41) is 12.8. The number of hydrogen-bond donors (Lipinski definition) is 1. The number of para-hydroxylation sites is 1. The van der Waals surface area contributed by atoms with Gasteiger partial charge in [-0.25, -0.2) is 0 Å². The quantitative estimate of drug-likeness (QED) is 0.669. The molecule has 0 radical (unpaired) electrons. The first-order valence-electron chi connectivity index (χ1n) is 10.9. The van der Waals surface area contributed by atoms with Crippen LogP contribution in [-0.4, -0.2) is 51.0 Å². The lowest BCUT2D eigenvalue weighted by Gasteiger charge is -2.21. The molecule has 0 spiro atoms. The molecule has 0 atom stereocenters. The highest BCUT2D eigenvalue weighted by atomic mass is 32.2. The Morgan fingerprint density at radius 3 is 2.55 bits per heavy atom. The molecule has 2 aromatic rings. The van der Waals surface area contributed by atoms with E-state index in [-0.39, 0.29) is 5.91 Å². The number of nitrogens with zero attached hydrogens (tertiary/aromatic N) is 4. The molecule has 1 N–H and O–H groups in total. The molecule has 1 aliphatic carbocycles. The largest absolute Gasteiger partial charge is 0.355 e. The van der Waals surface area contributed by atoms with Gasteiger partial charge in [0.05, 0.1) is 12.3 Å². The third-order valence-electron chi connectivity index (χ3n) is 5.92. The molecule has 1 saturated carbocycles. The van der Waals surface area contributed by atoms with Gasteiger partial charge in [-0.15, -0.1) is 10.2 Å². The van der Waals surface area contributed by atoms with Crippen molar-refractivity contribution in [2.24, 2.45) is 5.92 Å². The van der Waals surface area contributed by atoms with Gasteiger partial charge >= 0.3 is 0 Å². The SMILES string of the molecule is O=C(CSc1nnc(CN2CCCC2)n1-c1ccccc1)NCC1CCCCC1. The molecule has 1 amide bonds. The number of nitrogens with one attached hydrogen (secondary N) is 1. The van der Waals surface area contributed by atoms with E-state index in [9.17, 15) is 4.79 Å². The average molecular weight is 414 g/mol. The topological polar surface area (TPSA) is 63.1 Å². The fourth-order valence-electron chi connectivity index (χ4n) is 4.30. The summed E-state index contributed by atoms with van der Waals surface area (Å²) in [4.78, 5) is 14.8. The molecule has 29 heavy (non-hydrogen) atoms. The molecule has 7 heteroatoms. The Hall–Kier alpha value is -1.86. The van der Waals surface area contributed by atoms with Gasteiger partial charge in [0, 0.05) is 12.2 Å². The number of aromatic nitrogens is 3. The summed E-state index contributed by atoms with van der Waals surface area (Å²) in [5.41, 5.74) is 1.05. The van der Waals surface area contributed by atoms with Crippen molar-refractivity contribution in [2.45, 2.75) is 56.6 Å². The van der Waals surface area contributed by atoms with Crippen LogP contribution in [0.15, 0.2) is 35.5 Å². The number of hydrogen-bond acceptors (Lipinski definition) is 5. The summed E-state index contributed by atoms with van der Waals surface area (Å²) in [6, 6.07) is 10.2. The second kappa shape index (κ2) is 10.3. The maximum Gasteiger partial charge on any atom is 0.230 e. The number of thioether (sulfide) groups is 1. The van der Waals surface area contributed by atoms with Gasteiger partial charge < -0.3 is 5.32 Å². The van der Waals surface area contributed by atoms with Crippen molar-refractivity contribution in [1.82, 2.24) is 25.0 Å². The minimum atomic E-state index is 0.0873. The molecule has 1 aliphatic heterocycles. The van der Waals surface area contributed by atoms with Gasteiger partial charge in [0.1, 0.15) is 0 Å². The first-order valence-corrected chi connectivity index (χ1v) is 11.9. The standard InChI is InChI=1S/C22H31N5OS/c28-21(23-15-18-9-3-1-4-10-18)17-29-22-25-24-20(16-26-13-7-8-14-26)27(22)19-11-5-2-6-12-19/h2,5-6,11-12,18H,1,3-4,7-10,13-17H2,(H,23,28). The first kappa shape index (κ1) is 20.4. The number of likely N-dealkylation sites (tertiary alicyclic amines) is 1. The summed E-state index contributed by atoms with van der Waals surface area (Å²) < 4.78 is 2.11. The normalized spacial score (nSPS) is 18.2. The van der Waals surface area contributed by atoms with Gasteiger partial charge in [-0.3, -0.25) is 14.3 Å². The highest BCUT2D eigenvalue weighted by molar-refractivity contribution is 7.99. The first-order chi connectivity index (χ1) is 14.3. The minimum Gasteiger partial charge on any atom is -0.355 e. The molecule has 0 bridgehead atoms. The van der Waals surface area contributed by atoms with Crippen molar-refractivity contribution in [3.05, 3.63) is 36.2 Å². The van der Waals surface area contributed by atoms with Crippen molar-refractivity contribution in [1.29, 1.82) is 0 Å². The number of carbonyl (C=O) groups excluding carboxylic acids is 1. The summed E-state index contributed by atoms with van der Waals surface area (Å²) in [6.07, 6.45) is 8.94. The smallest absolute Gasteiger partial charge is 0.230 e. The lowest BCUT2D eigenvalue weighted by Crippen LogP contribution is -2.31. The van der Waals surface area contributed by atoms with Crippen molar-refractivity contribution in [3.63, 3.8) is 0 Å². The molecule has 2 fully saturated rings. The van der Waals surface area contributed by atoms with Crippen molar-refractivity contribution >= 4 is 17.7 Å². The number of amides is 1. The Morgan fingerprint density at radius 1 is 1.03 bits per heavy atom. The second-order valence-corrected chi connectivity index (χ2v) is 9.09. The Kier molecular flexibility index (Phi) is 7.22. The Bertz CT molecular complexity index is 782. The van der Waals surface area contributed by atoms with E-state index >= 15 is 0 Å². The maximum absolute atomic E-state index is 12.4. The van der Waals surface area contributed by atoms with Crippen LogP contribution in [0.3, 0.4) is 0 Å². The zero-order chi connectivity index (χ0) is 19.9. The van der Waals surface area contributed by atoms with Crippen LogP contribution in [0.4, 0.5) is 0 Å². The highest BCUT2D eigenvalue weighted by Crippen LogP contribution is 2.25. The van der Waals surface area contributed by atoms with Gasteiger partial charge in [-0.1, -0.05) is 49.2 Å².